The molecule has 0 unspecified atom stereocenters. The van der Waals surface area contributed by atoms with E-state index in [1.807, 2.05) is 48.2 Å². The summed E-state index contributed by atoms with van der Waals surface area (Å²) in [5, 5.41) is 11.4. The molecule has 3 rings (SSSR count). The number of rotatable bonds is 4. The molecule has 2 amide bonds. The molecule has 1 aliphatic rings. The number of carbonyl (C=O) groups is 1. The number of aryl methyl sites for hydroxylation is 1. The van der Waals surface area contributed by atoms with Gasteiger partial charge < -0.3 is 19.7 Å². The number of piperidine rings is 1. The van der Waals surface area contributed by atoms with Crippen LogP contribution >= 0.6 is 0 Å². The van der Waals surface area contributed by atoms with Crippen LogP contribution in [-0.4, -0.2) is 52.9 Å². The van der Waals surface area contributed by atoms with Crippen molar-refractivity contribution in [2.24, 2.45) is 0 Å². The Labute approximate surface area is 148 Å². The van der Waals surface area contributed by atoms with E-state index in [2.05, 4.69) is 27.0 Å². The zero-order valence-electron chi connectivity index (χ0n) is 15.1. The normalized spacial score (nSPS) is 17.4. The smallest absolute Gasteiger partial charge is 0.321 e. The largest absolute Gasteiger partial charge is 0.376 e. The highest BCUT2D eigenvalue weighted by atomic mass is 16.2. The maximum atomic E-state index is 12.8. The molecule has 0 aliphatic carbocycles. The Morgan fingerprint density at radius 2 is 2.16 bits per heavy atom. The molecule has 1 fully saturated rings. The third-order valence-corrected chi connectivity index (χ3v) is 4.69. The van der Waals surface area contributed by atoms with Crippen molar-refractivity contribution in [3.8, 4) is 0 Å². The monoisotopic (exact) mass is 342 g/mol. The van der Waals surface area contributed by atoms with Gasteiger partial charge in [0.05, 0.1) is 11.4 Å². The number of aromatic nitrogens is 3. The van der Waals surface area contributed by atoms with Gasteiger partial charge in [0.2, 0.25) is 0 Å². The lowest BCUT2D eigenvalue weighted by molar-refractivity contribution is 0.190. The van der Waals surface area contributed by atoms with Gasteiger partial charge in [0.15, 0.2) is 0 Å². The molecule has 2 aromatic rings. The van der Waals surface area contributed by atoms with Crippen LogP contribution < -0.4 is 10.2 Å². The number of benzene rings is 1. The van der Waals surface area contributed by atoms with E-state index in [-0.39, 0.29) is 11.9 Å². The van der Waals surface area contributed by atoms with Crippen LogP contribution in [0, 0.1) is 0 Å². The predicted molar refractivity (Wildman–Crippen MR) is 99.0 cm³/mol. The topological polar surface area (TPSA) is 66.3 Å². The van der Waals surface area contributed by atoms with E-state index in [4.69, 9.17) is 0 Å². The summed E-state index contributed by atoms with van der Waals surface area (Å²) in [6.45, 7) is 4.38. The summed E-state index contributed by atoms with van der Waals surface area (Å²) in [5.41, 5.74) is 1.83. The minimum Gasteiger partial charge on any atom is -0.376 e. The lowest BCUT2D eigenvalue weighted by Gasteiger charge is -2.32. The fourth-order valence-corrected chi connectivity index (χ4v) is 3.36. The standard InChI is InChI=1S/C18H26N6O/c1-4-23-13-19-21-17(23)14-8-7-11-24(12-14)18(25)20-15-9-5-6-10-16(15)22(2)3/h5-6,9-10,13-14H,4,7-8,11-12H2,1-3H3,(H,20,25)/t14-/m1/s1. The Hall–Kier alpha value is -2.57. The van der Waals surface area contributed by atoms with Crippen LogP contribution in [0.3, 0.4) is 0 Å². The van der Waals surface area contributed by atoms with Crippen molar-refractivity contribution in [1.82, 2.24) is 19.7 Å². The van der Waals surface area contributed by atoms with Crippen molar-refractivity contribution in [3.63, 3.8) is 0 Å². The molecule has 2 heterocycles. The molecule has 1 N–H and O–H groups in total. The SMILES string of the molecule is CCn1cnnc1[C@@H]1CCCN(C(=O)Nc2ccccc2N(C)C)C1. The minimum atomic E-state index is -0.0541. The molecule has 7 heteroatoms. The van der Waals surface area contributed by atoms with E-state index in [0.29, 0.717) is 6.54 Å². The van der Waals surface area contributed by atoms with Gasteiger partial charge in [-0.3, -0.25) is 0 Å². The van der Waals surface area contributed by atoms with Gasteiger partial charge in [0.1, 0.15) is 12.2 Å². The first-order valence-corrected chi connectivity index (χ1v) is 8.80. The molecule has 0 bridgehead atoms. The summed E-state index contributed by atoms with van der Waals surface area (Å²) in [4.78, 5) is 16.6. The molecule has 0 spiro atoms. The second-order valence-corrected chi connectivity index (χ2v) is 6.60. The van der Waals surface area contributed by atoms with Crippen molar-refractivity contribution in [2.45, 2.75) is 32.2 Å². The molecule has 134 valence electrons. The van der Waals surface area contributed by atoms with Crippen molar-refractivity contribution in [1.29, 1.82) is 0 Å². The van der Waals surface area contributed by atoms with Crippen LogP contribution in [0.1, 0.15) is 31.5 Å². The lowest BCUT2D eigenvalue weighted by Crippen LogP contribution is -2.42. The van der Waals surface area contributed by atoms with Gasteiger partial charge in [-0.2, -0.15) is 0 Å². The average Bonchev–Trinajstić information content (AvgIpc) is 3.11. The van der Waals surface area contributed by atoms with Crippen molar-refractivity contribution in [2.75, 3.05) is 37.4 Å². The highest BCUT2D eigenvalue weighted by Gasteiger charge is 2.28. The minimum absolute atomic E-state index is 0.0541. The first-order chi connectivity index (χ1) is 12.1. The number of nitrogens with zero attached hydrogens (tertiary/aromatic N) is 5. The first kappa shape index (κ1) is 17.3. The van der Waals surface area contributed by atoms with Crippen molar-refractivity contribution < 1.29 is 4.79 Å². The molecular weight excluding hydrogens is 316 g/mol. The van der Waals surface area contributed by atoms with E-state index in [0.717, 1.165) is 43.1 Å². The maximum Gasteiger partial charge on any atom is 0.321 e. The Morgan fingerprint density at radius 3 is 2.92 bits per heavy atom. The molecule has 1 aliphatic heterocycles. The molecule has 7 nitrogen and oxygen atoms in total. The fraction of sp³-hybridized carbons (Fsp3) is 0.500. The number of amides is 2. The predicted octanol–water partition coefficient (Wildman–Crippen LogP) is 2.78. The molecule has 1 aromatic carbocycles. The summed E-state index contributed by atoms with van der Waals surface area (Å²) in [6, 6.07) is 7.78. The van der Waals surface area contributed by atoms with Crippen LogP contribution in [0.5, 0.6) is 0 Å². The van der Waals surface area contributed by atoms with Crippen molar-refractivity contribution >= 4 is 17.4 Å². The zero-order chi connectivity index (χ0) is 17.8. The molecular formula is C18H26N6O. The number of anilines is 2. The summed E-state index contributed by atoms with van der Waals surface area (Å²) < 4.78 is 2.06. The Morgan fingerprint density at radius 1 is 1.36 bits per heavy atom. The number of hydrogen-bond acceptors (Lipinski definition) is 4. The van der Waals surface area contributed by atoms with Gasteiger partial charge in [-0.05, 0) is 31.9 Å². The number of urea groups is 1. The van der Waals surface area contributed by atoms with Crippen LogP contribution in [0.2, 0.25) is 0 Å². The average molecular weight is 342 g/mol. The van der Waals surface area contributed by atoms with Crippen LogP contribution in [0.25, 0.3) is 0 Å². The van der Waals surface area contributed by atoms with E-state index in [1.54, 1.807) is 6.33 Å². The van der Waals surface area contributed by atoms with E-state index in [1.165, 1.54) is 0 Å². The highest BCUT2D eigenvalue weighted by Crippen LogP contribution is 2.27. The van der Waals surface area contributed by atoms with Gasteiger partial charge in [-0.15, -0.1) is 10.2 Å². The quantitative estimate of drug-likeness (QED) is 0.928. The summed E-state index contributed by atoms with van der Waals surface area (Å²) in [6.07, 6.45) is 3.78. The fourth-order valence-electron chi connectivity index (χ4n) is 3.36. The second kappa shape index (κ2) is 7.55. The van der Waals surface area contributed by atoms with Gasteiger partial charge in [0.25, 0.3) is 0 Å². The van der Waals surface area contributed by atoms with Crippen LogP contribution in [-0.2, 0) is 6.54 Å². The number of carbonyl (C=O) groups excluding carboxylic acids is 1. The zero-order valence-corrected chi connectivity index (χ0v) is 15.1. The third-order valence-electron chi connectivity index (χ3n) is 4.69. The molecule has 1 aromatic heterocycles. The maximum absolute atomic E-state index is 12.8. The Kier molecular flexibility index (Phi) is 5.21. The Bertz CT molecular complexity index is 726. The number of para-hydroxylation sites is 2. The third kappa shape index (κ3) is 3.75. The van der Waals surface area contributed by atoms with Crippen molar-refractivity contribution in [3.05, 3.63) is 36.4 Å². The number of hydrogen-bond donors (Lipinski definition) is 1. The molecule has 0 radical (unpaired) electrons. The second-order valence-electron chi connectivity index (χ2n) is 6.60. The van der Waals surface area contributed by atoms with E-state index in [9.17, 15) is 4.79 Å². The van der Waals surface area contributed by atoms with Gasteiger partial charge >= 0.3 is 6.03 Å². The highest BCUT2D eigenvalue weighted by molar-refractivity contribution is 5.93. The van der Waals surface area contributed by atoms with Gasteiger partial charge in [-0.1, -0.05) is 12.1 Å². The summed E-state index contributed by atoms with van der Waals surface area (Å²) in [5.74, 6) is 1.22. The first-order valence-electron chi connectivity index (χ1n) is 8.80. The molecule has 1 atom stereocenters. The van der Waals surface area contributed by atoms with Crippen LogP contribution in [0.4, 0.5) is 16.2 Å². The Balaban J connectivity index is 1.71. The van der Waals surface area contributed by atoms with Crippen LogP contribution in [0.15, 0.2) is 30.6 Å². The molecule has 1 saturated heterocycles. The van der Waals surface area contributed by atoms with Gasteiger partial charge in [-0.25, -0.2) is 4.79 Å². The molecule has 0 saturated carbocycles. The van der Waals surface area contributed by atoms with E-state index < -0.39 is 0 Å². The number of likely N-dealkylation sites (tertiary alicyclic amines) is 1. The summed E-state index contributed by atoms with van der Waals surface area (Å²) >= 11 is 0. The lowest BCUT2D eigenvalue weighted by atomic mass is 9.97. The molecule has 25 heavy (non-hydrogen) atoms. The number of nitrogens with one attached hydrogen (secondary N) is 1. The summed E-state index contributed by atoms with van der Waals surface area (Å²) in [7, 11) is 3.94. The van der Waals surface area contributed by atoms with Gasteiger partial charge in [0, 0.05) is 39.6 Å². The van der Waals surface area contributed by atoms with E-state index >= 15 is 0 Å².